The highest BCUT2D eigenvalue weighted by atomic mass is 14.9. The third-order valence-electron chi connectivity index (χ3n) is 3.11. The summed E-state index contributed by atoms with van der Waals surface area (Å²) in [5.74, 6) is 0. The molecular formula is C14H23N3. The molecule has 0 radical (unpaired) electrons. The summed E-state index contributed by atoms with van der Waals surface area (Å²) in [6, 6.07) is 5.04. The summed E-state index contributed by atoms with van der Waals surface area (Å²) in [5, 5.41) is 7.02. The smallest absolute Gasteiger partial charge is 0.0270 e. The molecule has 1 aromatic heterocycles. The first-order valence-corrected chi connectivity index (χ1v) is 6.78. The summed E-state index contributed by atoms with van der Waals surface area (Å²) in [5.41, 5.74) is 1.39. The van der Waals surface area contributed by atoms with Gasteiger partial charge in [-0.1, -0.05) is 0 Å². The van der Waals surface area contributed by atoms with Gasteiger partial charge >= 0.3 is 0 Å². The molecule has 0 unspecified atom stereocenters. The van der Waals surface area contributed by atoms with Crippen molar-refractivity contribution in [2.24, 2.45) is 0 Å². The molecule has 1 heterocycles. The van der Waals surface area contributed by atoms with Crippen molar-refractivity contribution in [1.82, 2.24) is 15.6 Å². The highest BCUT2D eigenvalue weighted by molar-refractivity contribution is 5.09. The van der Waals surface area contributed by atoms with Gasteiger partial charge in [-0.05, 0) is 69.4 Å². The summed E-state index contributed by atoms with van der Waals surface area (Å²) in [7, 11) is 0. The summed E-state index contributed by atoms with van der Waals surface area (Å²) in [6.45, 7) is 3.42. The van der Waals surface area contributed by atoms with E-state index >= 15 is 0 Å². The largest absolute Gasteiger partial charge is 0.317 e. The van der Waals surface area contributed by atoms with Crippen LogP contribution in [0.25, 0.3) is 0 Å². The van der Waals surface area contributed by atoms with Crippen molar-refractivity contribution in [2.75, 3.05) is 19.6 Å². The topological polar surface area (TPSA) is 37.0 Å². The van der Waals surface area contributed by atoms with E-state index in [4.69, 9.17) is 0 Å². The molecule has 1 fully saturated rings. The molecule has 1 aliphatic rings. The van der Waals surface area contributed by atoms with Crippen molar-refractivity contribution in [1.29, 1.82) is 0 Å². The molecule has 0 amide bonds. The summed E-state index contributed by atoms with van der Waals surface area (Å²) < 4.78 is 0. The molecular weight excluding hydrogens is 210 g/mol. The van der Waals surface area contributed by atoms with Crippen LogP contribution in [-0.4, -0.2) is 30.7 Å². The van der Waals surface area contributed by atoms with Gasteiger partial charge < -0.3 is 10.6 Å². The maximum Gasteiger partial charge on any atom is 0.0270 e. The molecule has 1 aromatic rings. The minimum Gasteiger partial charge on any atom is -0.317 e. The second kappa shape index (κ2) is 7.41. The first-order valence-electron chi connectivity index (χ1n) is 6.78. The van der Waals surface area contributed by atoms with Crippen LogP contribution in [0.2, 0.25) is 0 Å². The van der Waals surface area contributed by atoms with Crippen LogP contribution in [0.1, 0.15) is 31.2 Å². The number of rotatable bonds is 9. The van der Waals surface area contributed by atoms with Gasteiger partial charge in [-0.2, -0.15) is 0 Å². The highest BCUT2D eigenvalue weighted by Crippen LogP contribution is 2.18. The van der Waals surface area contributed by atoms with Gasteiger partial charge in [0.1, 0.15) is 0 Å². The van der Waals surface area contributed by atoms with Gasteiger partial charge in [0.15, 0.2) is 0 Å². The number of pyridine rings is 1. The first kappa shape index (κ1) is 12.5. The van der Waals surface area contributed by atoms with Gasteiger partial charge in [-0.15, -0.1) is 0 Å². The van der Waals surface area contributed by atoms with Crippen LogP contribution in [0.4, 0.5) is 0 Å². The Labute approximate surface area is 104 Å². The fourth-order valence-electron chi connectivity index (χ4n) is 1.90. The monoisotopic (exact) mass is 233 g/mol. The number of nitrogens with one attached hydrogen (secondary N) is 2. The van der Waals surface area contributed by atoms with Crippen molar-refractivity contribution in [3.05, 3.63) is 30.1 Å². The van der Waals surface area contributed by atoms with Gasteiger partial charge in [-0.25, -0.2) is 0 Å². The van der Waals surface area contributed by atoms with Crippen molar-refractivity contribution in [3.63, 3.8) is 0 Å². The number of nitrogens with zero attached hydrogens (tertiary/aromatic N) is 1. The van der Waals surface area contributed by atoms with E-state index in [0.29, 0.717) is 0 Å². The van der Waals surface area contributed by atoms with E-state index in [-0.39, 0.29) is 0 Å². The van der Waals surface area contributed by atoms with E-state index in [2.05, 4.69) is 27.8 Å². The zero-order valence-corrected chi connectivity index (χ0v) is 10.5. The Morgan fingerprint density at radius 2 is 1.82 bits per heavy atom. The van der Waals surface area contributed by atoms with Crippen LogP contribution in [0, 0.1) is 0 Å². The van der Waals surface area contributed by atoms with Crippen molar-refractivity contribution in [2.45, 2.75) is 38.1 Å². The molecule has 3 nitrogen and oxygen atoms in total. The average Bonchev–Trinajstić information content (AvgIpc) is 3.18. The van der Waals surface area contributed by atoms with E-state index < -0.39 is 0 Å². The second-order valence-electron chi connectivity index (χ2n) is 4.79. The van der Waals surface area contributed by atoms with Crippen LogP contribution in [-0.2, 0) is 6.42 Å². The Balaban J connectivity index is 1.38. The predicted molar refractivity (Wildman–Crippen MR) is 71.1 cm³/mol. The maximum atomic E-state index is 4.02. The van der Waals surface area contributed by atoms with Crippen molar-refractivity contribution in [3.8, 4) is 0 Å². The lowest BCUT2D eigenvalue weighted by Crippen LogP contribution is -2.24. The maximum absolute atomic E-state index is 4.02. The zero-order chi connectivity index (χ0) is 11.8. The quantitative estimate of drug-likeness (QED) is 0.638. The number of hydrogen-bond donors (Lipinski definition) is 2. The van der Waals surface area contributed by atoms with E-state index in [9.17, 15) is 0 Å². The average molecular weight is 233 g/mol. The van der Waals surface area contributed by atoms with Gasteiger partial charge in [0, 0.05) is 18.4 Å². The normalized spacial score (nSPS) is 15.1. The van der Waals surface area contributed by atoms with E-state index in [1.165, 1.54) is 37.8 Å². The molecule has 2 N–H and O–H groups in total. The number of aromatic nitrogens is 1. The van der Waals surface area contributed by atoms with E-state index in [1.54, 1.807) is 0 Å². The Morgan fingerprint density at radius 3 is 2.59 bits per heavy atom. The molecule has 1 saturated carbocycles. The summed E-state index contributed by atoms with van der Waals surface area (Å²) >= 11 is 0. The molecule has 0 spiro atoms. The lowest BCUT2D eigenvalue weighted by molar-refractivity contribution is 0.582. The zero-order valence-electron chi connectivity index (χ0n) is 10.5. The van der Waals surface area contributed by atoms with Crippen LogP contribution in [0.15, 0.2) is 24.5 Å². The minimum atomic E-state index is 0.849. The lowest BCUT2D eigenvalue weighted by Gasteiger charge is -2.05. The molecule has 0 atom stereocenters. The molecule has 0 aromatic carbocycles. The Hall–Kier alpha value is -0.930. The van der Waals surface area contributed by atoms with Gasteiger partial charge in [0.2, 0.25) is 0 Å². The van der Waals surface area contributed by atoms with E-state index in [1.807, 2.05) is 12.4 Å². The van der Waals surface area contributed by atoms with Crippen LogP contribution in [0.5, 0.6) is 0 Å². The molecule has 0 saturated heterocycles. The van der Waals surface area contributed by atoms with Gasteiger partial charge in [-0.3, -0.25) is 4.98 Å². The molecule has 2 rings (SSSR count). The molecule has 0 aliphatic heterocycles. The molecule has 0 bridgehead atoms. The second-order valence-corrected chi connectivity index (χ2v) is 4.79. The Morgan fingerprint density at radius 1 is 1.06 bits per heavy atom. The summed E-state index contributed by atoms with van der Waals surface area (Å²) in [4.78, 5) is 4.02. The van der Waals surface area contributed by atoms with Crippen LogP contribution >= 0.6 is 0 Å². The van der Waals surface area contributed by atoms with Crippen LogP contribution < -0.4 is 10.6 Å². The molecule has 94 valence electrons. The number of aryl methyl sites for hydroxylation is 1. The number of hydrogen-bond acceptors (Lipinski definition) is 3. The summed E-state index contributed by atoms with van der Waals surface area (Å²) in [6.07, 6.45) is 10.1. The van der Waals surface area contributed by atoms with Gasteiger partial charge in [0.25, 0.3) is 0 Å². The minimum absolute atomic E-state index is 0.849. The Kier molecular flexibility index (Phi) is 5.46. The van der Waals surface area contributed by atoms with E-state index in [0.717, 1.165) is 25.6 Å². The molecule has 1 aliphatic carbocycles. The molecule has 17 heavy (non-hydrogen) atoms. The predicted octanol–water partition coefficient (Wildman–Crippen LogP) is 1.75. The third-order valence-corrected chi connectivity index (χ3v) is 3.11. The fraction of sp³-hybridized carbons (Fsp3) is 0.643. The van der Waals surface area contributed by atoms with Crippen molar-refractivity contribution >= 4 is 0 Å². The van der Waals surface area contributed by atoms with Crippen LogP contribution in [0.3, 0.4) is 0 Å². The Bertz CT molecular complexity index is 296. The standard InChI is InChI=1S/C14H23N3/c1(3-13-6-11-16-12-7-13)8-15-9-2-10-17-14-4-5-14/h6-7,11-12,14-15,17H,1-5,8-10H2. The SMILES string of the molecule is c1cc(CCCNCCCNC2CC2)ccn1. The van der Waals surface area contributed by atoms with Crippen molar-refractivity contribution < 1.29 is 0 Å². The molecule has 3 heteroatoms. The lowest BCUT2D eigenvalue weighted by atomic mass is 10.1. The van der Waals surface area contributed by atoms with Gasteiger partial charge in [0.05, 0.1) is 0 Å². The fourth-order valence-corrected chi connectivity index (χ4v) is 1.90. The third kappa shape index (κ3) is 5.80. The highest BCUT2D eigenvalue weighted by Gasteiger charge is 2.19. The first-order chi connectivity index (χ1) is 8.45.